The van der Waals surface area contributed by atoms with Gasteiger partial charge in [0.25, 0.3) is 0 Å². The molecule has 0 bridgehead atoms. The predicted octanol–water partition coefficient (Wildman–Crippen LogP) is 5.68. The number of carboxylic acids is 1. The molecule has 0 aromatic heterocycles. The van der Waals surface area contributed by atoms with Gasteiger partial charge in [0.05, 0.1) is 0 Å². The summed E-state index contributed by atoms with van der Waals surface area (Å²) in [5.74, 6) is 0.0673. The molecule has 1 saturated heterocycles. The average Bonchev–Trinajstić information content (AvgIpc) is 3.16. The van der Waals surface area contributed by atoms with E-state index in [0.717, 1.165) is 17.5 Å². The van der Waals surface area contributed by atoms with Crippen LogP contribution in [0.25, 0.3) is 11.1 Å². The van der Waals surface area contributed by atoms with Gasteiger partial charge < -0.3 is 9.84 Å². The van der Waals surface area contributed by atoms with Crippen LogP contribution in [-0.2, 0) is 9.53 Å². The summed E-state index contributed by atoms with van der Waals surface area (Å²) in [7, 11) is 0. The Morgan fingerprint density at radius 1 is 0.875 bits per heavy atom. The van der Waals surface area contributed by atoms with Gasteiger partial charge in [0.1, 0.15) is 12.6 Å². The zero-order valence-electron chi connectivity index (χ0n) is 18.4. The molecule has 5 nitrogen and oxygen atoms in total. The highest BCUT2D eigenvalue weighted by atomic mass is 16.6. The first-order chi connectivity index (χ1) is 15.6. The minimum absolute atomic E-state index is 0.0191. The second-order valence-corrected chi connectivity index (χ2v) is 9.53. The first kappa shape index (κ1) is 21.0. The smallest absolute Gasteiger partial charge is 0.410 e. The SMILES string of the molecule is O=C(O)[C@@H]1C[C@H](C2CCCCC2)CCN1C(=O)OCC1c2ccccc2-c2ccccc21. The van der Waals surface area contributed by atoms with Crippen LogP contribution in [0, 0.1) is 11.8 Å². The molecular formula is C27H31NO4. The molecule has 32 heavy (non-hydrogen) atoms. The molecule has 2 aromatic carbocycles. The van der Waals surface area contributed by atoms with Crippen molar-refractivity contribution in [2.75, 3.05) is 13.2 Å². The Balaban J connectivity index is 1.27. The molecule has 0 spiro atoms. The monoisotopic (exact) mass is 433 g/mol. The maximum absolute atomic E-state index is 13.0. The lowest BCUT2D eigenvalue weighted by Gasteiger charge is -2.40. The molecule has 1 N–H and O–H groups in total. The van der Waals surface area contributed by atoms with E-state index in [0.29, 0.717) is 24.8 Å². The number of aliphatic carboxylic acids is 1. The van der Waals surface area contributed by atoms with E-state index in [9.17, 15) is 14.7 Å². The van der Waals surface area contributed by atoms with Crippen molar-refractivity contribution in [3.8, 4) is 11.1 Å². The minimum Gasteiger partial charge on any atom is -0.480 e. The van der Waals surface area contributed by atoms with Crippen molar-refractivity contribution >= 4 is 12.1 Å². The number of rotatable bonds is 4. The van der Waals surface area contributed by atoms with E-state index < -0.39 is 18.1 Å². The summed E-state index contributed by atoms with van der Waals surface area (Å²) in [6.45, 7) is 0.691. The zero-order valence-corrected chi connectivity index (χ0v) is 18.4. The van der Waals surface area contributed by atoms with Crippen LogP contribution in [0.3, 0.4) is 0 Å². The van der Waals surface area contributed by atoms with Gasteiger partial charge >= 0.3 is 12.1 Å². The molecule has 2 aromatic rings. The van der Waals surface area contributed by atoms with Crippen molar-refractivity contribution in [3.05, 3.63) is 59.7 Å². The Kier molecular flexibility index (Phi) is 5.90. The molecule has 1 saturated carbocycles. The van der Waals surface area contributed by atoms with E-state index in [1.807, 2.05) is 24.3 Å². The normalized spacial score (nSPS) is 23.4. The fourth-order valence-electron chi connectivity index (χ4n) is 6.16. The molecule has 0 unspecified atom stereocenters. The summed E-state index contributed by atoms with van der Waals surface area (Å²) in [5.41, 5.74) is 4.68. The number of nitrogens with zero attached hydrogens (tertiary/aromatic N) is 1. The number of likely N-dealkylation sites (tertiary alicyclic amines) is 1. The van der Waals surface area contributed by atoms with Gasteiger partial charge in [-0.25, -0.2) is 9.59 Å². The summed E-state index contributed by atoms with van der Waals surface area (Å²) in [6.07, 6.45) is 7.09. The van der Waals surface area contributed by atoms with Crippen molar-refractivity contribution < 1.29 is 19.4 Å². The Morgan fingerprint density at radius 2 is 1.50 bits per heavy atom. The fourth-order valence-corrected chi connectivity index (χ4v) is 6.16. The maximum Gasteiger partial charge on any atom is 0.410 e. The highest BCUT2D eigenvalue weighted by molar-refractivity contribution is 5.81. The van der Waals surface area contributed by atoms with Gasteiger partial charge in [0.15, 0.2) is 0 Å². The lowest BCUT2D eigenvalue weighted by atomic mass is 9.74. The fraction of sp³-hybridized carbons (Fsp3) is 0.481. The third-order valence-electron chi connectivity index (χ3n) is 7.82. The van der Waals surface area contributed by atoms with Gasteiger partial charge in [-0.3, -0.25) is 4.90 Å². The molecular weight excluding hydrogens is 402 g/mol. The Hall–Kier alpha value is -2.82. The maximum atomic E-state index is 13.0. The first-order valence-electron chi connectivity index (χ1n) is 12.0. The molecule has 3 aliphatic rings. The molecule has 168 valence electrons. The van der Waals surface area contributed by atoms with Crippen molar-refractivity contribution in [3.63, 3.8) is 0 Å². The van der Waals surface area contributed by atoms with Crippen LogP contribution < -0.4 is 0 Å². The van der Waals surface area contributed by atoms with E-state index in [-0.39, 0.29) is 12.5 Å². The predicted molar refractivity (Wildman–Crippen MR) is 122 cm³/mol. The van der Waals surface area contributed by atoms with Crippen LogP contribution >= 0.6 is 0 Å². The first-order valence-corrected chi connectivity index (χ1v) is 12.0. The van der Waals surface area contributed by atoms with Crippen molar-refractivity contribution in [1.82, 2.24) is 4.90 Å². The van der Waals surface area contributed by atoms with E-state index >= 15 is 0 Å². The number of hydrogen-bond acceptors (Lipinski definition) is 3. The topological polar surface area (TPSA) is 66.8 Å². The Morgan fingerprint density at radius 3 is 2.12 bits per heavy atom. The Bertz CT molecular complexity index is 951. The molecule has 2 atom stereocenters. The van der Waals surface area contributed by atoms with Gasteiger partial charge in [-0.2, -0.15) is 0 Å². The van der Waals surface area contributed by atoms with E-state index in [2.05, 4.69) is 24.3 Å². The number of ether oxygens (including phenoxy) is 1. The highest BCUT2D eigenvalue weighted by Crippen LogP contribution is 2.44. The molecule has 5 heteroatoms. The van der Waals surface area contributed by atoms with E-state index in [1.54, 1.807) is 0 Å². The number of hydrogen-bond donors (Lipinski definition) is 1. The number of amides is 1. The molecule has 1 amide bonds. The van der Waals surface area contributed by atoms with Crippen LogP contribution in [0.1, 0.15) is 62.0 Å². The van der Waals surface area contributed by atoms with Crippen LogP contribution in [-0.4, -0.2) is 41.3 Å². The average molecular weight is 434 g/mol. The number of carbonyl (C=O) groups excluding carboxylic acids is 1. The minimum atomic E-state index is -0.918. The highest BCUT2D eigenvalue weighted by Gasteiger charge is 2.40. The van der Waals surface area contributed by atoms with Crippen LogP contribution in [0.4, 0.5) is 4.79 Å². The Labute approximate surface area is 189 Å². The molecule has 0 radical (unpaired) electrons. The standard InChI is InChI=1S/C27H31NO4/c29-26(30)25-16-19(18-8-2-1-3-9-18)14-15-28(25)27(31)32-17-24-22-12-6-4-10-20(22)21-11-5-7-13-23(21)24/h4-7,10-13,18-19,24-25H,1-3,8-9,14-17H2,(H,29,30)/t19-,25+/m1/s1. The lowest BCUT2D eigenvalue weighted by Crippen LogP contribution is -2.51. The number of carboxylic acid groups (broad SMARTS) is 1. The number of carbonyl (C=O) groups is 2. The van der Waals surface area contributed by atoms with E-state index in [1.165, 1.54) is 48.1 Å². The van der Waals surface area contributed by atoms with Gasteiger partial charge in [-0.1, -0.05) is 80.6 Å². The van der Waals surface area contributed by atoms with Crippen LogP contribution in [0.15, 0.2) is 48.5 Å². The molecule has 2 aliphatic carbocycles. The van der Waals surface area contributed by atoms with Gasteiger partial charge in [-0.15, -0.1) is 0 Å². The summed E-state index contributed by atoms with van der Waals surface area (Å²) < 4.78 is 5.76. The third-order valence-corrected chi connectivity index (χ3v) is 7.82. The quantitative estimate of drug-likeness (QED) is 0.673. The number of piperidine rings is 1. The summed E-state index contributed by atoms with van der Waals surface area (Å²) in [6, 6.07) is 15.7. The van der Waals surface area contributed by atoms with Gasteiger partial charge in [0, 0.05) is 12.5 Å². The molecule has 5 rings (SSSR count). The zero-order chi connectivity index (χ0) is 22.1. The van der Waals surface area contributed by atoms with Crippen LogP contribution in [0.2, 0.25) is 0 Å². The van der Waals surface area contributed by atoms with Gasteiger partial charge in [0.2, 0.25) is 0 Å². The summed E-state index contributed by atoms with van der Waals surface area (Å²) in [5, 5.41) is 9.86. The van der Waals surface area contributed by atoms with Crippen molar-refractivity contribution in [2.24, 2.45) is 11.8 Å². The summed E-state index contributed by atoms with van der Waals surface area (Å²) in [4.78, 5) is 26.5. The second-order valence-electron chi connectivity index (χ2n) is 9.53. The number of fused-ring (bicyclic) bond motifs is 3. The van der Waals surface area contributed by atoms with Crippen molar-refractivity contribution in [1.29, 1.82) is 0 Å². The molecule has 1 aliphatic heterocycles. The summed E-state index contributed by atoms with van der Waals surface area (Å²) >= 11 is 0. The number of benzene rings is 2. The largest absolute Gasteiger partial charge is 0.480 e. The molecule has 1 heterocycles. The van der Waals surface area contributed by atoms with Crippen molar-refractivity contribution in [2.45, 2.75) is 56.9 Å². The second kappa shape index (κ2) is 8.97. The van der Waals surface area contributed by atoms with E-state index in [4.69, 9.17) is 4.74 Å². The van der Waals surface area contributed by atoms with Crippen LogP contribution in [0.5, 0.6) is 0 Å². The third kappa shape index (κ3) is 3.89. The van der Waals surface area contributed by atoms with Gasteiger partial charge in [-0.05, 0) is 46.9 Å². The molecule has 2 fully saturated rings. The lowest BCUT2D eigenvalue weighted by molar-refractivity contribution is -0.145.